The summed E-state index contributed by atoms with van der Waals surface area (Å²) in [5.41, 5.74) is 0.808. The molecular formula is C14H20N2O3. The fourth-order valence-electron chi connectivity index (χ4n) is 2.34. The molecule has 0 radical (unpaired) electrons. The number of piperazine rings is 1. The second kappa shape index (κ2) is 6.54. The first-order valence-electron chi connectivity index (χ1n) is 6.47. The van der Waals surface area contributed by atoms with E-state index in [0.717, 1.165) is 38.2 Å². The highest BCUT2D eigenvalue weighted by Crippen LogP contribution is 2.25. The third-order valence-corrected chi connectivity index (χ3v) is 3.49. The lowest BCUT2D eigenvalue weighted by Crippen LogP contribution is -2.46. The number of nitrogens with zero attached hydrogens (tertiary/aromatic N) is 2. The normalized spacial score (nSPS) is 18.1. The monoisotopic (exact) mass is 264 g/mol. The van der Waals surface area contributed by atoms with Gasteiger partial charge in [-0.1, -0.05) is 18.2 Å². The van der Waals surface area contributed by atoms with Crippen molar-refractivity contribution in [2.24, 2.45) is 0 Å². The second-order valence-corrected chi connectivity index (χ2v) is 4.70. The number of methoxy groups -OCH3 is 1. The zero-order chi connectivity index (χ0) is 13.7. The van der Waals surface area contributed by atoms with Gasteiger partial charge in [0.1, 0.15) is 5.75 Å². The Labute approximate surface area is 113 Å². The molecule has 5 heteroatoms. The number of carbonyl (C=O) groups is 1. The Kier molecular flexibility index (Phi) is 4.76. The number of carbonyl (C=O) groups excluding carboxylic acids is 1. The van der Waals surface area contributed by atoms with E-state index in [4.69, 9.17) is 4.74 Å². The van der Waals surface area contributed by atoms with Crippen LogP contribution in [0.4, 0.5) is 0 Å². The number of rotatable bonds is 5. The molecule has 19 heavy (non-hydrogen) atoms. The van der Waals surface area contributed by atoms with Crippen LogP contribution in [-0.2, 0) is 4.79 Å². The maximum atomic E-state index is 10.6. The van der Waals surface area contributed by atoms with E-state index in [2.05, 4.69) is 4.90 Å². The molecular weight excluding hydrogens is 244 g/mol. The summed E-state index contributed by atoms with van der Waals surface area (Å²) >= 11 is 0. The van der Waals surface area contributed by atoms with E-state index < -0.39 is 6.10 Å². The summed E-state index contributed by atoms with van der Waals surface area (Å²) in [5.74, 6) is 0.710. The third-order valence-electron chi connectivity index (χ3n) is 3.49. The van der Waals surface area contributed by atoms with Crippen LogP contribution >= 0.6 is 0 Å². The van der Waals surface area contributed by atoms with Crippen LogP contribution in [0.15, 0.2) is 24.3 Å². The molecule has 1 atom stereocenters. The zero-order valence-electron chi connectivity index (χ0n) is 11.2. The topological polar surface area (TPSA) is 53.0 Å². The fraction of sp³-hybridized carbons (Fsp3) is 0.500. The van der Waals surface area contributed by atoms with Gasteiger partial charge in [0.25, 0.3) is 0 Å². The Morgan fingerprint density at radius 1 is 1.32 bits per heavy atom. The highest BCUT2D eigenvalue weighted by atomic mass is 16.5. The summed E-state index contributed by atoms with van der Waals surface area (Å²) in [6.07, 6.45) is 0.312. The maximum Gasteiger partial charge on any atom is 0.209 e. The Hall–Kier alpha value is -1.59. The fourth-order valence-corrected chi connectivity index (χ4v) is 2.34. The summed E-state index contributed by atoms with van der Waals surface area (Å²) in [4.78, 5) is 14.6. The van der Waals surface area contributed by atoms with Crippen molar-refractivity contribution in [2.45, 2.75) is 6.10 Å². The number of β-amino-alcohol motifs (C(OH)–C–C–N with tert-alkyl or cyclic N) is 1. The lowest BCUT2D eigenvalue weighted by atomic mass is 10.1. The minimum atomic E-state index is -0.570. The van der Waals surface area contributed by atoms with Gasteiger partial charge in [-0.25, -0.2) is 0 Å². The SMILES string of the molecule is COc1ccccc1C(O)CN1CCN(C=O)CC1. The summed E-state index contributed by atoms with van der Waals surface area (Å²) < 4.78 is 5.26. The summed E-state index contributed by atoms with van der Waals surface area (Å²) in [5, 5.41) is 10.3. The van der Waals surface area contributed by atoms with Crippen LogP contribution < -0.4 is 4.74 Å². The van der Waals surface area contributed by atoms with Crippen LogP contribution in [0.25, 0.3) is 0 Å². The second-order valence-electron chi connectivity index (χ2n) is 4.70. The molecule has 1 amide bonds. The van der Waals surface area contributed by atoms with Crippen molar-refractivity contribution < 1.29 is 14.6 Å². The van der Waals surface area contributed by atoms with E-state index in [-0.39, 0.29) is 0 Å². The van der Waals surface area contributed by atoms with Crippen molar-refractivity contribution in [3.63, 3.8) is 0 Å². The van der Waals surface area contributed by atoms with Crippen molar-refractivity contribution in [1.82, 2.24) is 9.80 Å². The van der Waals surface area contributed by atoms with Crippen molar-refractivity contribution in [1.29, 1.82) is 0 Å². The molecule has 1 aliphatic rings. The van der Waals surface area contributed by atoms with Gasteiger partial charge in [0.2, 0.25) is 6.41 Å². The first-order valence-corrected chi connectivity index (χ1v) is 6.47. The van der Waals surface area contributed by atoms with E-state index in [9.17, 15) is 9.90 Å². The van der Waals surface area contributed by atoms with E-state index in [1.807, 2.05) is 24.3 Å². The molecule has 104 valence electrons. The molecule has 0 aliphatic carbocycles. The van der Waals surface area contributed by atoms with Crippen LogP contribution in [0.5, 0.6) is 5.75 Å². The molecule has 5 nitrogen and oxygen atoms in total. The Balaban J connectivity index is 1.94. The summed E-state index contributed by atoms with van der Waals surface area (Å²) in [7, 11) is 1.61. The highest BCUT2D eigenvalue weighted by molar-refractivity contribution is 5.47. The van der Waals surface area contributed by atoms with Crippen LogP contribution in [0.1, 0.15) is 11.7 Å². The maximum absolute atomic E-state index is 10.6. The van der Waals surface area contributed by atoms with Crippen LogP contribution in [0, 0.1) is 0 Å². The molecule has 0 saturated carbocycles. The summed E-state index contributed by atoms with van der Waals surface area (Å²) in [6.45, 7) is 3.60. The quantitative estimate of drug-likeness (QED) is 0.787. The van der Waals surface area contributed by atoms with E-state index in [1.54, 1.807) is 12.0 Å². The van der Waals surface area contributed by atoms with Crippen molar-refractivity contribution in [2.75, 3.05) is 39.8 Å². The highest BCUT2D eigenvalue weighted by Gasteiger charge is 2.20. The van der Waals surface area contributed by atoms with Crippen LogP contribution in [0.2, 0.25) is 0 Å². The van der Waals surface area contributed by atoms with Gasteiger partial charge in [-0.05, 0) is 6.07 Å². The molecule has 0 bridgehead atoms. The number of aliphatic hydroxyl groups excluding tert-OH is 1. The molecule has 1 N–H and O–H groups in total. The number of ether oxygens (including phenoxy) is 1. The molecule has 1 unspecified atom stereocenters. The smallest absolute Gasteiger partial charge is 0.209 e. The van der Waals surface area contributed by atoms with Crippen LogP contribution in [0.3, 0.4) is 0 Å². The predicted octanol–water partition coefficient (Wildman–Crippen LogP) is 0.503. The van der Waals surface area contributed by atoms with Crippen molar-refractivity contribution >= 4 is 6.41 Å². The average molecular weight is 264 g/mol. The molecule has 2 rings (SSSR count). The zero-order valence-corrected chi connectivity index (χ0v) is 11.2. The number of para-hydroxylation sites is 1. The van der Waals surface area contributed by atoms with Gasteiger partial charge in [0, 0.05) is 38.3 Å². The molecule has 0 aromatic heterocycles. The molecule has 1 aromatic rings. The van der Waals surface area contributed by atoms with Gasteiger partial charge in [0.05, 0.1) is 13.2 Å². The standard InChI is InChI=1S/C14H20N2O3/c1-19-14-5-3-2-4-12(14)13(18)10-15-6-8-16(11-17)9-7-15/h2-5,11,13,18H,6-10H2,1H3. The summed E-state index contributed by atoms with van der Waals surface area (Å²) in [6, 6.07) is 7.51. The lowest BCUT2D eigenvalue weighted by Gasteiger charge is -2.33. The molecule has 1 aliphatic heterocycles. The van der Waals surface area contributed by atoms with E-state index in [1.165, 1.54) is 0 Å². The minimum absolute atomic E-state index is 0.563. The third kappa shape index (κ3) is 3.45. The number of hydrogen-bond donors (Lipinski definition) is 1. The van der Waals surface area contributed by atoms with Gasteiger partial charge >= 0.3 is 0 Å². The Morgan fingerprint density at radius 2 is 2.00 bits per heavy atom. The first kappa shape index (κ1) is 13.8. The number of aliphatic hydroxyl groups is 1. The first-order chi connectivity index (χ1) is 9.24. The van der Waals surface area contributed by atoms with Gasteiger partial charge in [0.15, 0.2) is 0 Å². The van der Waals surface area contributed by atoms with Gasteiger partial charge in [-0.2, -0.15) is 0 Å². The molecule has 0 spiro atoms. The molecule has 1 aromatic carbocycles. The molecule has 1 fully saturated rings. The van der Waals surface area contributed by atoms with Crippen molar-refractivity contribution in [3.05, 3.63) is 29.8 Å². The van der Waals surface area contributed by atoms with Gasteiger partial charge < -0.3 is 14.7 Å². The van der Waals surface area contributed by atoms with Gasteiger partial charge in [-0.3, -0.25) is 9.69 Å². The minimum Gasteiger partial charge on any atom is -0.496 e. The lowest BCUT2D eigenvalue weighted by molar-refractivity contribution is -0.119. The largest absolute Gasteiger partial charge is 0.496 e. The van der Waals surface area contributed by atoms with Crippen LogP contribution in [-0.4, -0.2) is 61.2 Å². The van der Waals surface area contributed by atoms with E-state index >= 15 is 0 Å². The Morgan fingerprint density at radius 3 is 2.63 bits per heavy atom. The number of hydrogen-bond acceptors (Lipinski definition) is 4. The average Bonchev–Trinajstić information content (AvgIpc) is 2.48. The van der Waals surface area contributed by atoms with E-state index in [0.29, 0.717) is 12.3 Å². The Bertz CT molecular complexity index is 417. The number of benzene rings is 1. The number of amides is 1. The molecule has 1 saturated heterocycles. The predicted molar refractivity (Wildman–Crippen MR) is 72.0 cm³/mol. The van der Waals surface area contributed by atoms with Gasteiger partial charge in [-0.15, -0.1) is 0 Å². The van der Waals surface area contributed by atoms with Crippen molar-refractivity contribution in [3.8, 4) is 5.75 Å². The molecule has 1 heterocycles.